The Hall–Kier alpha value is -2.34. The molecule has 1 aromatic carbocycles. The molecule has 5 heterocycles. The highest BCUT2D eigenvalue weighted by atomic mass is 16.4. The zero-order chi connectivity index (χ0) is 16.5. The molecule has 0 radical (unpaired) electrons. The number of carboxylic acids is 1. The SMILES string of the molecule is O=C(O)[C@H]1Cc2c([nH]c3ccccc23)C23CCN(CC2)CC(=O)N13. The molecule has 1 amide bonds. The number of rotatable bonds is 1. The minimum Gasteiger partial charge on any atom is -0.480 e. The summed E-state index contributed by atoms with van der Waals surface area (Å²) in [4.78, 5) is 32.2. The van der Waals surface area contributed by atoms with Crippen LogP contribution in [0.2, 0.25) is 0 Å². The second kappa shape index (κ2) is 4.60. The summed E-state index contributed by atoms with van der Waals surface area (Å²) in [7, 11) is 0. The molecule has 24 heavy (non-hydrogen) atoms. The number of carbonyl (C=O) groups is 2. The molecule has 4 aliphatic heterocycles. The number of nitrogens with zero attached hydrogens (tertiary/aromatic N) is 2. The Morgan fingerprint density at radius 1 is 1.25 bits per heavy atom. The Balaban J connectivity index is 1.81. The molecule has 4 aliphatic rings. The molecule has 1 spiro atoms. The summed E-state index contributed by atoms with van der Waals surface area (Å²) in [5.41, 5.74) is 2.68. The normalized spacial score (nSPS) is 31.7. The van der Waals surface area contributed by atoms with Crippen LogP contribution < -0.4 is 0 Å². The summed E-state index contributed by atoms with van der Waals surface area (Å²) in [5, 5.41) is 10.9. The van der Waals surface area contributed by atoms with Crippen LogP contribution in [-0.4, -0.2) is 57.4 Å². The number of hydrogen-bond donors (Lipinski definition) is 2. The summed E-state index contributed by atoms with van der Waals surface area (Å²) < 4.78 is 0. The van der Waals surface area contributed by atoms with Crippen molar-refractivity contribution in [3.05, 3.63) is 35.5 Å². The minimum absolute atomic E-state index is 0.0540. The molecule has 1 atom stereocenters. The van der Waals surface area contributed by atoms with Gasteiger partial charge >= 0.3 is 5.97 Å². The second-order valence-corrected chi connectivity index (χ2v) is 7.15. The van der Waals surface area contributed by atoms with Gasteiger partial charge in [0, 0.05) is 36.1 Å². The first-order chi connectivity index (χ1) is 11.6. The Bertz CT molecular complexity index is 864. The quantitative estimate of drug-likeness (QED) is 0.829. The van der Waals surface area contributed by atoms with E-state index in [-0.39, 0.29) is 5.91 Å². The van der Waals surface area contributed by atoms with E-state index in [4.69, 9.17) is 0 Å². The fraction of sp³-hybridized carbons (Fsp3) is 0.444. The summed E-state index contributed by atoms with van der Waals surface area (Å²) in [5.74, 6) is -0.958. The molecule has 2 aromatic rings. The number of H-pyrrole nitrogens is 1. The molecule has 0 aliphatic carbocycles. The summed E-state index contributed by atoms with van der Waals surface area (Å²) in [6, 6.07) is 7.26. The second-order valence-electron chi connectivity index (χ2n) is 7.15. The van der Waals surface area contributed by atoms with Crippen molar-refractivity contribution in [1.82, 2.24) is 14.8 Å². The van der Waals surface area contributed by atoms with E-state index in [0.717, 1.165) is 48.1 Å². The van der Waals surface area contributed by atoms with Gasteiger partial charge < -0.3 is 15.0 Å². The van der Waals surface area contributed by atoms with Crippen LogP contribution in [0.25, 0.3) is 10.9 Å². The highest BCUT2D eigenvalue weighted by Gasteiger charge is 2.55. The lowest BCUT2D eigenvalue weighted by Gasteiger charge is -2.49. The van der Waals surface area contributed by atoms with Gasteiger partial charge in [0.2, 0.25) is 5.91 Å². The molecule has 124 valence electrons. The smallest absolute Gasteiger partial charge is 0.326 e. The third-order valence-electron chi connectivity index (χ3n) is 6.05. The van der Waals surface area contributed by atoms with Crippen LogP contribution in [-0.2, 0) is 21.5 Å². The summed E-state index contributed by atoms with van der Waals surface area (Å²) >= 11 is 0. The molecule has 3 saturated heterocycles. The molecular formula is C18H19N3O3. The number of amides is 1. The van der Waals surface area contributed by atoms with Crippen molar-refractivity contribution in [3.63, 3.8) is 0 Å². The third-order valence-corrected chi connectivity index (χ3v) is 6.05. The minimum atomic E-state index is -0.904. The molecule has 6 heteroatoms. The molecule has 6 rings (SSSR count). The van der Waals surface area contributed by atoms with E-state index in [1.807, 2.05) is 24.3 Å². The lowest BCUT2D eigenvalue weighted by Crippen LogP contribution is -2.60. The van der Waals surface area contributed by atoms with E-state index >= 15 is 0 Å². The van der Waals surface area contributed by atoms with Crippen molar-refractivity contribution >= 4 is 22.8 Å². The van der Waals surface area contributed by atoms with Crippen molar-refractivity contribution in [2.45, 2.75) is 30.8 Å². The lowest BCUT2D eigenvalue weighted by molar-refractivity contribution is -0.157. The zero-order valence-electron chi connectivity index (χ0n) is 13.3. The Kier molecular flexibility index (Phi) is 2.69. The van der Waals surface area contributed by atoms with Gasteiger partial charge in [-0.05, 0) is 24.5 Å². The number of aliphatic carboxylic acids is 1. The monoisotopic (exact) mass is 325 g/mol. The first-order valence-corrected chi connectivity index (χ1v) is 8.47. The van der Waals surface area contributed by atoms with E-state index in [9.17, 15) is 14.7 Å². The van der Waals surface area contributed by atoms with Crippen molar-refractivity contribution in [1.29, 1.82) is 0 Å². The number of carboxylic acid groups (broad SMARTS) is 1. The number of nitrogens with one attached hydrogen (secondary N) is 1. The molecule has 6 nitrogen and oxygen atoms in total. The molecular weight excluding hydrogens is 306 g/mol. The maximum atomic E-state index is 12.9. The number of benzene rings is 1. The summed E-state index contributed by atoms with van der Waals surface area (Å²) in [6.07, 6.45) is 1.97. The standard InChI is InChI=1S/C18H19N3O3/c22-15-10-20-7-5-18(6-8-20)16-12(9-14(17(23)24)21(15)18)11-3-1-2-4-13(11)19-16/h1-4,14,19H,5-10H2,(H,23,24)/t14-/m1/s1. The number of fused-ring (bicyclic) bond motifs is 6. The van der Waals surface area contributed by atoms with E-state index in [2.05, 4.69) is 9.88 Å². The van der Waals surface area contributed by atoms with Gasteiger partial charge in [-0.2, -0.15) is 0 Å². The first kappa shape index (κ1) is 14.0. The van der Waals surface area contributed by atoms with Crippen LogP contribution >= 0.6 is 0 Å². The Labute approximate surface area is 139 Å². The van der Waals surface area contributed by atoms with Gasteiger partial charge in [-0.1, -0.05) is 18.2 Å². The van der Waals surface area contributed by atoms with Gasteiger partial charge in [0.1, 0.15) is 6.04 Å². The molecule has 0 saturated carbocycles. The molecule has 0 unspecified atom stereocenters. The highest BCUT2D eigenvalue weighted by Crippen LogP contribution is 2.48. The number of para-hydroxylation sites is 1. The average Bonchev–Trinajstić information content (AvgIpc) is 2.81. The lowest BCUT2D eigenvalue weighted by atomic mass is 9.76. The Morgan fingerprint density at radius 2 is 2.00 bits per heavy atom. The predicted octanol–water partition coefficient (Wildman–Crippen LogP) is 1.31. The van der Waals surface area contributed by atoms with Crippen LogP contribution in [0.5, 0.6) is 0 Å². The van der Waals surface area contributed by atoms with Crippen LogP contribution in [0.3, 0.4) is 0 Å². The van der Waals surface area contributed by atoms with Gasteiger partial charge in [-0.15, -0.1) is 0 Å². The van der Waals surface area contributed by atoms with Crippen LogP contribution in [0.4, 0.5) is 0 Å². The van der Waals surface area contributed by atoms with Crippen molar-refractivity contribution in [2.24, 2.45) is 0 Å². The number of aromatic amines is 1. The van der Waals surface area contributed by atoms with Gasteiger partial charge in [-0.3, -0.25) is 9.69 Å². The van der Waals surface area contributed by atoms with E-state index in [1.54, 1.807) is 4.90 Å². The largest absolute Gasteiger partial charge is 0.480 e. The van der Waals surface area contributed by atoms with Crippen molar-refractivity contribution in [2.75, 3.05) is 19.6 Å². The fourth-order valence-electron chi connectivity index (χ4n) is 4.96. The highest BCUT2D eigenvalue weighted by molar-refractivity contribution is 5.91. The van der Waals surface area contributed by atoms with Crippen LogP contribution in [0, 0.1) is 0 Å². The fourth-order valence-corrected chi connectivity index (χ4v) is 4.96. The first-order valence-electron chi connectivity index (χ1n) is 8.47. The summed E-state index contributed by atoms with van der Waals surface area (Å²) in [6.45, 7) is 2.01. The van der Waals surface area contributed by atoms with E-state index in [0.29, 0.717) is 13.0 Å². The Morgan fingerprint density at radius 3 is 2.75 bits per heavy atom. The number of carbonyl (C=O) groups excluding carboxylic acids is 1. The van der Waals surface area contributed by atoms with Crippen LogP contribution in [0.15, 0.2) is 24.3 Å². The maximum Gasteiger partial charge on any atom is 0.326 e. The van der Waals surface area contributed by atoms with Crippen molar-refractivity contribution in [3.8, 4) is 0 Å². The van der Waals surface area contributed by atoms with Gasteiger partial charge in [0.15, 0.2) is 0 Å². The maximum absolute atomic E-state index is 12.9. The zero-order valence-corrected chi connectivity index (χ0v) is 13.3. The topological polar surface area (TPSA) is 76.6 Å². The number of aromatic nitrogens is 1. The van der Waals surface area contributed by atoms with Crippen LogP contribution in [0.1, 0.15) is 24.1 Å². The van der Waals surface area contributed by atoms with E-state index in [1.165, 1.54) is 0 Å². The van der Waals surface area contributed by atoms with Gasteiger partial charge in [-0.25, -0.2) is 4.79 Å². The molecule has 3 fully saturated rings. The molecule has 2 N–H and O–H groups in total. The van der Waals surface area contributed by atoms with Crippen molar-refractivity contribution < 1.29 is 14.7 Å². The molecule has 2 bridgehead atoms. The number of piperidine rings is 1. The molecule has 1 aromatic heterocycles. The average molecular weight is 325 g/mol. The predicted molar refractivity (Wildman–Crippen MR) is 87.6 cm³/mol. The third kappa shape index (κ3) is 1.64. The van der Waals surface area contributed by atoms with E-state index < -0.39 is 17.6 Å². The van der Waals surface area contributed by atoms with Gasteiger partial charge in [0.25, 0.3) is 0 Å². The number of hydrogen-bond acceptors (Lipinski definition) is 3. The van der Waals surface area contributed by atoms with Gasteiger partial charge in [0.05, 0.1) is 12.1 Å².